The minimum atomic E-state index is -0.231. The van der Waals surface area contributed by atoms with Crippen LogP contribution in [0.4, 0.5) is 5.88 Å². The fourth-order valence-corrected chi connectivity index (χ4v) is 2.01. The maximum Gasteiger partial charge on any atom is 0.250 e. The van der Waals surface area contributed by atoms with E-state index in [2.05, 4.69) is 10.5 Å². The molecule has 0 spiro atoms. The van der Waals surface area contributed by atoms with Gasteiger partial charge in [0.05, 0.1) is 5.69 Å². The molecule has 2 heterocycles. The summed E-state index contributed by atoms with van der Waals surface area (Å²) >= 11 is 1.58. The van der Waals surface area contributed by atoms with Crippen LogP contribution in [-0.4, -0.2) is 11.1 Å². The lowest BCUT2D eigenvalue weighted by atomic mass is 9.92. The SMILES string of the molecule is CC(C)(C)c1cc(NC(=O)/C=C/c2cccs2)on1. The highest BCUT2D eigenvalue weighted by Crippen LogP contribution is 2.23. The summed E-state index contributed by atoms with van der Waals surface area (Å²) in [5.41, 5.74) is 0.712. The molecule has 0 saturated carbocycles. The van der Waals surface area contributed by atoms with Crippen molar-refractivity contribution in [3.8, 4) is 0 Å². The minimum Gasteiger partial charge on any atom is -0.338 e. The Morgan fingerprint density at radius 3 is 2.84 bits per heavy atom. The van der Waals surface area contributed by atoms with Gasteiger partial charge < -0.3 is 4.52 Å². The third kappa shape index (κ3) is 3.79. The molecule has 1 N–H and O–H groups in total. The van der Waals surface area contributed by atoms with Crippen LogP contribution in [0.5, 0.6) is 0 Å². The Hall–Kier alpha value is -1.88. The number of carbonyl (C=O) groups is 1. The average Bonchev–Trinajstić information content (AvgIpc) is 2.95. The Labute approximate surface area is 116 Å². The topological polar surface area (TPSA) is 55.1 Å². The summed E-state index contributed by atoms with van der Waals surface area (Å²) in [6.07, 6.45) is 3.24. The largest absolute Gasteiger partial charge is 0.338 e. The third-order valence-electron chi connectivity index (χ3n) is 2.47. The summed E-state index contributed by atoms with van der Waals surface area (Å²) in [7, 11) is 0. The smallest absolute Gasteiger partial charge is 0.250 e. The van der Waals surface area contributed by atoms with Gasteiger partial charge in [-0.05, 0) is 17.5 Å². The van der Waals surface area contributed by atoms with Crippen LogP contribution in [0.2, 0.25) is 0 Å². The van der Waals surface area contributed by atoms with Crippen LogP contribution in [0.15, 0.2) is 34.2 Å². The van der Waals surface area contributed by atoms with Crippen LogP contribution in [0.1, 0.15) is 31.3 Å². The number of carbonyl (C=O) groups excluding carboxylic acids is 1. The maximum absolute atomic E-state index is 11.7. The van der Waals surface area contributed by atoms with E-state index in [1.165, 1.54) is 6.08 Å². The molecular formula is C14H16N2O2S. The molecular weight excluding hydrogens is 260 g/mol. The summed E-state index contributed by atoms with van der Waals surface area (Å²) in [6.45, 7) is 6.10. The summed E-state index contributed by atoms with van der Waals surface area (Å²) < 4.78 is 5.09. The van der Waals surface area contributed by atoms with E-state index >= 15 is 0 Å². The number of rotatable bonds is 3. The molecule has 0 atom stereocenters. The average molecular weight is 276 g/mol. The fourth-order valence-electron chi connectivity index (χ4n) is 1.39. The second-order valence-electron chi connectivity index (χ2n) is 5.16. The standard InChI is InChI=1S/C14H16N2O2S/c1-14(2,3)11-9-13(18-16-11)15-12(17)7-6-10-5-4-8-19-10/h4-9H,1-3H3,(H,15,17)/b7-6+. The van der Waals surface area contributed by atoms with Crippen molar-refractivity contribution in [2.75, 3.05) is 5.32 Å². The van der Waals surface area contributed by atoms with E-state index in [-0.39, 0.29) is 11.3 Å². The van der Waals surface area contributed by atoms with Crippen LogP contribution < -0.4 is 5.32 Å². The zero-order valence-electron chi connectivity index (χ0n) is 11.1. The molecule has 2 rings (SSSR count). The second-order valence-corrected chi connectivity index (χ2v) is 6.14. The monoisotopic (exact) mass is 276 g/mol. The number of nitrogens with zero attached hydrogens (tertiary/aromatic N) is 1. The lowest BCUT2D eigenvalue weighted by Gasteiger charge is -2.12. The molecule has 0 aromatic carbocycles. The Balaban J connectivity index is 1.98. The Morgan fingerprint density at radius 1 is 1.47 bits per heavy atom. The number of thiophene rings is 1. The molecule has 100 valence electrons. The molecule has 0 aliphatic carbocycles. The van der Waals surface area contributed by atoms with Gasteiger partial charge in [-0.15, -0.1) is 11.3 Å². The molecule has 4 nitrogen and oxygen atoms in total. The molecule has 2 aromatic rings. The van der Waals surface area contributed by atoms with Gasteiger partial charge >= 0.3 is 0 Å². The van der Waals surface area contributed by atoms with Crippen molar-refractivity contribution in [2.24, 2.45) is 0 Å². The minimum absolute atomic E-state index is 0.0979. The first kappa shape index (κ1) is 13.5. The zero-order valence-corrected chi connectivity index (χ0v) is 12.0. The van der Waals surface area contributed by atoms with Crippen LogP contribution in [-0.2, 0) is 10.2 Å². The van der Waals surface area contributed by atoms with Crippen molar-refractivity contribution < 1.29 is 9.32 Å². The summed E-state index contributed by atoms with van der Waals surface area (Å²) in [4.78, 5) is 12.7. The van der Waals surface area contributed by atoms with E-state index in [1.807, 2.05) is 38.3 Å². The Kier molecular flexibility index (Phi) is 3.85. The van der Waals surface area contributed by atoms with Gasteiger partial charge in [0.2, 0.25) is 5.88 Å². The second kappa shape index (κ2) is 5.40. The van der Waals surface area contributed by atoms with Crippen molar-refractivity contribution in [3.05, 3.63) is 40.2 Å². The molecule has 0 saturated heterocycles. The lowest BCUT2D eigenvalue weighted by Crippen LogP contribution is -2.11. The number of anilines is 1. The van der Waals surface area contributed by atoms with E-state index < -0.39 is 0 Å². The normalized spacial score (nSPS) is 11.9. The number of nitrogens with one attached hydrogen (secondary N) is 1. The van der Waals surface area contributed by atoms with Crippen molar-refractivity contribution in [1.29, 1.82) is 0 Å². The van der Waals surface area contributed by atoms with Crippen LogP contribution in [0.25, 0.3) is 6.08 Å². The first-order chi connectivity index (χ1) is 8.95. The highest BCUT2D eigenvalue weighted by atomic mass is 32.1. The zero-order chi connectivity index (χ0) is 13.9. The molecule has 0 radical (unpaired) electrons. The van der Waals surface area contributed by atoms with Crippen LogP contribution in [0, 0.1) is 0 Å². The van der Waals surface area contributed by atoms with E-state index in [4.69, 9.17) is 4.52 Å². The fraction of sp³-hybridized carbons (Fsp3) is 0.286. The van der Waals surface area contributed by atoms with Gasteiger partial charge in [-0.3, -0.25) is 10.1 Å². The summed E-state index contributed by atoms with van der Waals surface area (Å²) in [5, 5.41) is 8.55. The Bertz CT molecular complexity index is 577. The molecule has 1 amide bonds. The summed E-state index contributed by atoms with van der Waals surface area (Å²) in [5.74, 6) is 0.135. The molecule has 19 heavy (non-hydrogen) atoms. The van der Waals surface area contributed by atoms with Crippen LogP contribution in [0.3, 0.4) is 0 Å². The lowest BCUT2D eigenvalue weighted by molar-refractivity contribution is -0.112. The maximum atomic E-state index is 11.7. The number of aromatic nitrogens is 1. The van der Waals surface area contributed by atoms with E-state index in [0.717, 1.165) is 10.6 Å². The van der Waals surface area contributed by atoms with Crippen molar-refractivity contribution in [2.45, 2.75) is 26.2 Å². The number of amides is 1. The van der Waals surface area contributed by atoms with E-state index in [0.29, 0.717) is 5.88 Å². The van der Waals surface area contributed by atoms with Crippen LogP contribution >= 0.6 is 11.3 Å². The number of hydrogen-bond donors (Lipinski definition) is 1. The Morgan fingerprint density at radius 2 is 2.26 bits per heavy atom. The van der Waals surface area contributed by atoms with Gasteiger partial charge in [0.25, 0.3) is 5.91 Å². The van der Waals surface area contributed by atoms with Gasteiger partial charge in [-0.2, -0.15) is 0 Å². The number of hydrogen-bond acceptors (Lipinski definition) is 4. The highest BCUT2D eigenvalue weighted by molar-refractivity contribution is 7.10. The van der Waals surface area contributed by atoms with Crippen molar-refractivity contribution in [1.82, 2.24) is 5.16 Å². The first-order valence-corrected chi connectivity index (χ1v) is 6.83. The van der Waals surface area contributed by atoms with Gasteiger partial charge in [-0.25, -0.2) is 0 Å². The van der Waals surface area contributed by atoms with E-state index in [9.17, 15) is 4.79 Å². The molecule has 0 aliphatic heterocycles. The third-order valence-corrected chi connectivity index (χ3v) is 3.30. The molecule has 0 aliphatic rings. The van der Waals surface area contributed by atoms with Crippen molar-refractivity contribution in [3.63, 3.8) is 0 Å². The summed E-state index contributed by atoms with van der Waals surface area (Å²) in [6, 6.07) is 5.63. The van der Waals surface area contributed by atoms with Gasteiger partial charge in [-0.1, -0.05) is 32.0 Å². The molecule has 5 heteroatoms. The predicted molar refractivity (Wildman–Crippen MR) is 77.2 cm³/mol. The molecule has 0 fully saturated rings. The van der Waals surface area contributed by atoms with Gasteiger partial charge in [0, 0.05) is 22.4 Å². The molecule has 0 unspecified atom stereocenters. The van der Waals surface area contributed by atoms with Gasteiger partial charge in [0.15, 0.2) is 0 Å². The van der Waals surface area contributed by atoms with Crippen molar-refractivity contribution >= 4 is 29.2 Å². The first-order valence-electron chi connectivity index (χ1n) is 5.95. The highest BCUT2D eigenvalue weighted by Gasteiger charge is 2.19. The molecule has 2 aromatic heterocycles. The predicted octanol–water partition coefficient (Wildman–Crippen LogP) is 3.69. The van der Waals surface area contributed by atoms with Gasteiger partial charge in [0.1, 0.15) is 0 Å². The molecule has 0 bridgehead atoms. The van der Waals surface area contributed by atoms with E-state index in [1.54, 1.807) is 23.5 Å². The quantitative estimate of drug-likeness (QED) is 0.870.